The lowest BCUT2D eigenvalue weighted by molar-refractivity contribution is -0.118. The number of aliphatic imine (C=N–C) groups is 1. The number of carbonyl (C=O) groups is 3. The Balaban J connectivity index is 1.87. The summed E-state index contributed by atoms with van der Waals surface area (Å²) in [7, 11) is 0. The Morgan fingerprint density at radius 1 is 1.14 bits per heavy atom. The molecule has 1 aliphatic rings. The summed E-state index contributed by atoms with van der Waals surface area (Å²) >= 11 is 0. The molecule has 1 aromatic carbocycles. The summed E-state index contributed by atoms with van der Waals surface area (Å²) in [5, 5.41) is 8.81. The fraction of sp³-hybridized carbons (Fsp3) is 0.294. The molecule has 11 nitrogen and oxygen atoms in total. The van der Waals surface area contributed by atoms with Crippen LogP contribution in [0.5, 0.6) is 0 Å². The van der Waals surface area contributed by atoms with Crippen LogP contribution in [0.3, 0.4) is 0 Å². The number of hydrogen-bond acceptors (Lipinski definition) is 8. The molecule has 3 amide bonds. The van der Waals surface area contributed by atoms with E-state index in [0.717, 1.165) is 5.69 Å². The van der Waals surface area contributed by atoms with Crippen LogP contribution >= 0.6 is 0 Å². The van der Waals surface area contributed by atoms with Gasteiger partial charge in [-0.25, -0.2) is 10.8 Å². The van der Waals surface area contributed by atoms with Gasteiger partial charge in [-0.3, -0.25) is 14.4 Å². The second-order valence-corrected chi connectivity index (χ2v) is 6.02. The van der Waals surface area contributed by atoms with Gasteiger partial charge in [-0.15, -0.1) is 0 Å². The molecule has 1 aliphatic heterocycles. The second-order valence-electron chi connectivity index (χ2n) is 6.02. The van der Waals surface area contributed by atoms with E-state index in [9.17, 15) is 14.4 Å². The van der Waals surface area contributed by atoms with Crippen molar-refractivity contribution < 1.29 is 14.4 Å². The van der Waals surface area contributed by atoms with Crippen molar-refractivity contribution in [1.29, 1.82) is 0 Å². The maximum Gasteiger partial charge on any atom is 0.271 e. The van der Waals surface area contributed by atoms with E-state index < -0.39 is 11.8 Å². The standard InChI is InChI=1S/C17H24N8O3/c18-13(26)2-1-7-21-17(28)10-3-5-11(6-4-10)22-8-12-9-23-16(25-20)14(24-12)15(19)27/h3-6,22-23,25H,1-2,7-9,20H2,(H2,18,26)(H2,19,27)(H,21,28). The number of nitrogens with zero attached hydrogens (tertiary/aromatic N) is 1. The van der Waals surface area contributed by atoms with Gasteiger partial charge in [0.25, 0.3) is 11.8 Å². The van der Waals surface area contributed by atoms with Crippen molar-refractivity contribution in [2.75, 3.05) is 25.0 Å². The van der Waals surface area contributed by atoms with E-state index in [1.54, 1.807) is 24.3 Å². The highest BCUT2D eigenvalue weighted by molar-refractivity contribution is 6.00. The fourth-order valence-electron chi connectivity index (χ4n) is 2.44. The summed E-state index contributed by atoms with van der Waals surface area (Å²) < 4.78 is 0. The minimum Gasteiger partial charge on any atom is -0.380 e. The molecule has 2 rings (SSSR count). The van der Waals surface area contributed by atoms with Gasteiger partial charge < -0.3 is 32.8 Å². The monoisotopic (exact) mass is 388 g/mol. The number of nitrogens with one attached hydrogen (secondary N) is 4. The average molecular weight is 388 g/mol. The normalized spacial score (nSPS) is 13.2. The van der Waals surface area contributed by atoms with E-state index >= 15 is 0 Å². The van der Waals surface area contributed by atoms with Gasteiger partial charge in [-0.1, -0.05) is 0 Å². The first-order valence-corrected chi connectivity index (χ1v) is 8.62. The fourth-order valence-corrected chi connectivity index (χ4v) is 2.44. The molecule has 0 aromatic heterocycles. The van der Waals surface area contributed by atoms with Crippen LogP contribution in [0.1, 0.15) is 23.2 Å². The molecule has 0 bridgehead atoms. The third kappa shape index (κ3) is 5.99. The molecule has 28 heavy (non-hydrogen) atoms. The Kier molecular flexibility index (Phi) is 7.34. The quantitative estimate of drug-likeness (QED) is 0.140. The van der Waals surface area contributed by atoms with E-state index in [4.69, 9.17) is 17.3 Å². The van der Waals surface area contributed by atoms with Gasteiger partial charge in [-0.05, 0) is 30.7 Å². The average Bonchev–Trinajstić information content (AvgIpc) is 2.69. The van der Waals surface area contributed by atoms with Crippen molar-refractivity contribution in [3.05, 3.63) is 41.3 Å². The molecule has 1 heterocycles. The van der Waals surface area contributed by atoms with E-state index in [1.165, 1.54) is 0 Å². The Morgan fingerprint density at radius 3 is 2.46 bits per heavy atom. The molecule has 0 saturated carbocycles. The molecule has 150 valence electrons. The summed E-state index contributed by atoms with van der Waals surface area (Å²) in [6.07, 6.45) is 0.733. The number of nitrogens with two attached hydrogens (primary N) is 3. The largest absolute Gasteiger partial charge is 0.380 e. The molecule has 0 spiro atoms. The third-order valence-corrected chi connectivity index (χ3v) is 3.88. The van der Waals surface area contributed by atoms with Gasteiger partial charge in [0.15, 0.2) is 5.70 Å². The summed E-state index contributed by atoms with van der Waals surface area (Å²) in [6, 6.07) is 6.87. The van der Waals surface area contributed by atoms with Gasteiger partial charge in [0, 0.05) is 24.2 Å². The van der Waals surface area contributed by atoms with Crippen LogP contribution in [0.15, 0.2) is 40.8 Å². The molecule has 0 radical (unpaired) electrons. The highest BCUT2D eigenvalue weighted by Gasteiger charge is 2.17. The maximum absolute atomic E-state index is 12.0. The van der Waals surface area contributed by atoms with Crippen molar-refractivity contribution in [1.82, 2.24) is 16.1 Å². The Bertz CT molecular complexity index is 801. The lowest BCUT2D eigenvalue weighted by atomic mass is 10.2. The molecule has 0 atom stereocenters. The lowest BCUT2D eigenvalue weighted by Gasteiger charge is -2.19. The van der Waals surface area contributed by atoms with E-state index in [1.807, 2.05) is 0 Å². The lowest BCUT2D eigenvalue weighted by Crippen LogP contribution is -2.42. The number of rotatable bonds is 10. The van der Waals surface area contributed by atoms with Crippen LogP contribution in [0.2, 0.25) is 0 Å². The summed E-state index contributed by atoms with van der Waals surface area (Å²) in [6.45, 7) is 1.15. The summed E-state index contributed by atoms with van der Waals surface area (Å²) in [5.41, 5.74) is 14.7. The number of hydrogen-bond donors (Lipinski definition) is 7. The van der Waals surface area contributed by atoms with Crippen LogP contribution in [-0.4, -0.2) is 43.1 Å². The molecular weight excluding hydrogens is 364 g/mol. The molecule has 0 unspecified atom stereocenters. The first kappa shape index (κ1) is 20.7. The SMILES string of the molecule is NNC1=C(C(N)=O)N=C(CNc2ccc(C(=O)NCCCC(N)=O)cc2)CN1. The van der Waals surface area contributed by atoms with Crippen molar-refractivity contribution >= 4 is 29.1 Å². The molecule has 0 fully saturated rings. The number of amides is 3. The Hall–Kier alpha value is -3.60. The summed E-state index contributed by atoms with van der Waals surface area (Å²) in [4.78, 5) is 38.3. The predicted octanol–water partition coefficient (Wildman–Crippen LogP) is -1.74. The van der Waals surface area contributed by atoms with Gasteiger partial charge in [0.1, 0.15) is 5.82 Å². The van der Waals surface area contributed by atoms with Crippen LogP contribution in [-0.2, 0) is 9.59 Å². The molecule has 10 N–H and O–H groups in total. The molecule has 0 aliphatic carbocycles. The topological polar surface area (TPSA) is 190 Å². The maximum atomic E-state index is 12.0. The van der Waals surface area contributed by atoms with Crippen molar-refractivity contribution in [3.63, 3.8) is 0 Å². The minimum absolute atomic E-state index is 0.0360. The number of primary amides is 2. The zero-order valence-electron chi connectivity index (χ0n) is 15.2. The first-order chi connectivity index (χ1) is 13.4. The Labute approximate surface area is 161 Å². The van der Waals surface area contributed by atoms with Crippen LogP contribution in [0.4, 0.5) is 5.69 Å². The zero-order chi connectivity index (χ0) is 20.5. The smallest absolute Gasteiger partial charge is 0.271 e. The van der Waals surface area contributed by atoms with Crippen molar-refractivity contribution in [2.45, 2.75) is 12.8 Å². The van der Waals surface area contributed by atoms with E-state index in [2.05, 4.69) is 26.4 Å². The van der Waals surface area contributed by atoms with Gasteiger partial charge >= 0.3 is 0 Å². The minimum atomic E-state index is -0.691. The third-order valence-electron chi connectivity index (χ3n) is 3.88. The van der Waals surface area contributed by atoms with Crippen molar-refractivity contribution in [3.8, 4) is 0 Å². The second kappa shape index (κ2) is 9.92. The molecule has 0 saturated heterocycles. The van der Waals surface area contributed by atoms with Gasteiger partial charge in [0.2, 0.25) is 5.91 Å². The van der Waals surface area contributed by atoms with Gasteiger partial charge in [-0.2, -0.15) is 0 Å². The van der Waals surface area contributed by atoms with Crippen LogP contribution in [0, 0.1) is 0 Å². The molecule has 1 aromatic rings. The highest BCUT2D eigenvalue weighted by Crippen LogP contribution is 2.11. The number of hydrazine groups is 1. The number of carbonyl (C=O) groups excluding carboxylic acids is 3. The van der Waals surface area contributed by atoms with Gasteiger partial charge in [0.05, 0.1) is 18.8 Å². The highest BCUT2D eigenvalue weighted by atomic mass is 16.2. The Morgan fingerprint density at radius 2 is 1.86 bits per heavy atom. The van der Waals surface area contributed by atoms with E-state index in [-0.39, 0.29) is 23.8 Å². The van der Waals surface area contributed by atoms with E-state index in [0.29, 0.717) is 37.3 Å². The molecular formula is C17H24N8O3. The van der Waals surface area contributed by atoms with Crippen LogP contribution in [0.25, 0.3) is 0 Å². The first-order valence-electron chi connectivity index (χ1n) is 8.62. The van der Waals surface area contributed by atoms with Crippen molar-refractivity contribution in [2.24, 2.45) is 22.3 Å². The number of anilines is 1. The van der Waals surface area contributed by atoms with Crippen LogP contribution < -0.4 is 38.7 Å². The number of benzene rings is 1. The predicted molar refractivity (Wildman–Crippen MR) is 105 cm³/mol. The molecule has 11 heteroatoms. The zero-order valence-corrected chi connectivity index (χ0v) is 15.2. The summed E-state index contributed by atoms with van der Waals surface area (Å²) in [5.74, 6) is 4.29.